The third-order valence-corrected chi connectivity index (χ3v) is 2.27. The third-order valence-electron chi connectivity index (χ3n) is 2.14. The molecule has 5 nitrogen and oxygen atoms in total. The van der Waals surface area contributed by atoms with Gasteiger partial charge in [0, 0.05) is 5.54 Å². The zero-order chi connectivity index (χ0) is 11.6. The number of rotatable bonds is 2. The molecule has 0 radical (unpaired) electrons. The van der Waals surface area contributed by atoms with E-state index < -0.39 is 0 Å². The summed E-state index contributed by atoms with van der Waals surface area (Å²) in [6, 6.07) is -0.318. The quantitative estimate of drug-likeness (QED) is 0.403. The first kappa shape index (κ1) is 11.8. The number of isothiocyanates is 1. The fourth-order valence-electron chi connectivity index (χ4n) is 1.30. The number of thiocarbonyl (C=S) groups is 1. The van der Waals surface area contributed by atoms with E-state index in [1.165, 1.54) is 4.90 Å². The summed E-state index contributed by atoms with van der Waals surface area (Å²) in [4.78, 5) is 29.4. The van der Waals surface area contributed by atoms with E-state index in [0.717, 1.165) is 4.90 Å². The minimum Gasteiger partial charge on any atom is -0.310 e. The van der Waals surface area contributed by atoms with Gasteiger partial charge in [-0.2, -0.15) is 0 Å². The molecule has 0 spiro atoms. The van der Waals surface area contributed by atoms with Gasteiger partial charge in [-0.1, -0.05) is 0 Å². The zero-order valence-corrected chi connectivity index (χ0v) is 9.80. The molecule has 6 heteroatoms. The molecule has 0 aromatic rings. The second-order valence-electron chi connectivity index (χ2n) is 4.25. The van der Waals surface area contributed by atoms with Crippen molar-refractivity contribution < 1.29 is 9.59 Å². The lowest BCUT2D eigenvalue weighted by Crippen LogP contribution is -2.44. The Balaban J connectivity index is 2.84. The van der Waals surface area contributed by atoms with Crippen LogP contribution >= 0.6 is 12.2 Å². The highest BCUT2D eigenvalue weighted by atomic mass is 32.1. The normalized spacial score (nSPS) is 17.0. The number of carbonyl (C=O) groups is 2. The summed E-state index contributed by atoms with van der Waals surface area (Å²) in [5, 5.41) is 2.13. The molecule has 3 amide bonds. The first-order chi connectivity index (χ1) is 6.88. The number of amides is 3. The highest BCUT2D eigenvalue weighted by Gasteiger charge is 2.41. The van der Waals surface area contributed by atoms with E-state index in [4.69, 9.17) is 0 Å². The Labute approximate surface area is 93.7 Å². The van der Waals surface area contributed by atoms with E-state index in [0.29, 0.717) is 0 Å². The highest BCUT2D eigenvalue weighted by Crippen LogP contribution is 2.20. The fourth-order valence-corrected chi connectivity index (χ4v) is 1.36. The SMILES string of the molecule is CC(C)(C)N1CC(=O)N(CN=C=S)C1=O. The molecule has 0 aliphatic carbocycles. The second-order valence-corrected chi connectivity index (χ2v) is 4.43. The summed E-state index contributed by atoms with van der Waals surface area (Å²) in [7, 11) is 0. The molecule has 82 valence electrons. The van der Waals surface area contributed by atoms with Gasteiger partial charge in [0.25, 0.3) is 5.91 Å². The van der Waals surface area contributed by atoms with Crippen LogP contribution in [0, 0.1) is 0 Å². The van der Waals surface area contributed by atoms with E-state index in [9.17, 15) is 9.59 Å². The van der Waals surface area contributed by atoms with Crippen molar-refractivity contribution in [3.05, 3.63) is 0 Å². The van der Waals surface area contributed by atoms with Crippen molar-refractivity contribution >= 4 is 29.3 Å². The van der Waals surface area contributed by atoms with Crippen molar-refractivity contribution in [3.63, 3.8) is 0 Å². The molecule has 0 bridgehead atoms. The predicted octanol–water partition coefficient (Wildman–Crippen LogP) is 1.11. The van der Waals surface area contributed by atoms with Crippen LogP contribution in [0.15, 0.2) is 4.99 Å². The number of hydrogen-bond donors (Lipinski definition) is 0. The van der Waals surface area contributed by atoms with Crippen LogP contribution in [0.2, 0.25) is 0 Å². The summed E-state index contributed by atoms with van der Waals surface area (Å²) < 4.78 is 0. The Kier molecular flexibility index (Phi) is 3.21. The van der Waals surface area contributed by atoms with E-state index in [2.05, 4.69) is 22.4 Å². The molecule has 1 saturated heterocycles. The molecular weight excluding hydrogens is 214 g/mol. The van der Waals surface area contributed by atoms with Crippen LogP contribution in [0.4, 0.5) is 4.79 Å². The van der Waals surface area contributed by atoms with Crippen LogP contribution in [0.25, 0.3) is 0 Å². The molecule has 0 aromatic heterocycles. The Morgan fingerprint density at radius 3 is 2.47 bits per heavy atom. The van der Waals surface area contributed by atoms with E-state index in [-0.39, 0.29) is 30.7 Å². The number of carbonyl (C=O) groups excluding carboxylic acids is 2. The van der Waals surface area contributed by atoms with Gasteiger partial charge in [0.15, 0.2) is 0 Å². The van der Waals surface area contributed by atoms with Crippen LogP contribution in [-0.4, -0.2) is 45.7 Å². The second kappa shape index (κ2) is 4.08. The monoisotopic (exact) mass is 227 g/mol. The smallest absolute Gasteiger partial charge is 0.310 e. The van der Waals surface area contributed by atoms with Crippen LogP contribution in [0.3, 0.4) is 0 Å². The van der Waals surface area contributed by atoms with Crippen molar-refractivity contribution in [2.24, 2.45) is 4.99 Å². The summed E-state index contributed by atoms with van der Waals surface area (Å²) in [6.07, 6.45) is 0. The average molecular weight is 227 g/mol. The topological polar surface area (TPSA) is 53.0 Å². The Morgan fingerprint density at radius 2 is 2.07 bits per heavy atom. The summed E-state index contributed by atoms with van der Waals surface area (Å²) in [5.74, 6) is -0.246. The standard InChI is InChI=1S/C9H13N3O2S/c1-9(2,3)12-4-7(13)11(8(12)14)5-10-6-15/h4-5H2,1-3H3. The van der Waals surface area contributed by atoms with Gasteiger partial charge in [0.1, 0.15) is 13.2 Å². The van der Waals surface area contributed by atoms with Crippen LogP contribution in [0.5, 0.6) is 0 Å². The van der Waals surface area contributed by atoms with Gasteiger partial charge in [0.2, 0.25) is 0 Å². The molecule has 1 fully saturated rings. The molecule has 0 N–H and O–H groups in total. The van der Waals surface area contributed by atoms with E-state index in [1.807, 2.05) is 20.8 Å². The number of urea groups is 1. The molecule has 1 heterocycles. The molecule has 1 aliphatic rings. The zero-order valence-electron chi connectivity index (χ0n) is 8.98. The lowest BCUT2D eigenvalue weighted by molar-refractivity contribution is -0.125. The Morgan fingerprint density at radius 1 is 1.47 bits per heavy atom. The molecule has 0 unspecified atom stereocenters. The van der Waals surface area contributed by atoms with Crippen molar-refractivity contribution in [1.29, 1.82) is 0 Å². The van der Waals surface area contributed by atoms with Crippen molar-refractivity contribution in [3.8, 4) is 0 Å². The lowest BCUT2D eigenvalue weighted by Gasteiger charge is -2.30. The minimum atomic E-state index is -0.358. The molecule has 0 saturated carbocycles. The van der Waals surface area contributed by atoms with Gasteiger partial charge in [0.05, 0.1) is 5.16 Å². The molecule has 0 atom stereocenters. The van der Waals surface area contributed by atoms with Gasteiger partial charge in [-0.15, -0.1) is 0 Å². The number of imide groups is 1. The lowest BCUT2D eigenvalue weighted by atomic mass is 10.1. The van der Waals surface area contributed by atoms with Gasteiger partial charge < -0.3 is 4.90 Å². The van der Waals surface area contributed by atoms with E-state index in [1.54, 1.807) is 0 Å². The van der Waals surface area contributed by atoms with Crippen molar-refractivity contribution in [1.82, 2.24) is 9.80 Å². The summed E-state index contributed by atoms with van der Waals surface area (Å²) in [6.45, 7) is 5.71. The number of hydrogen-bond acceptors (Lipinski definition) is 4. The van der Waals surface area contributed by atoms with Crippen LogP contribution in [0.1, 0.15) is 20.8 Å². The fraction of sp³-hybridized carbons (Fsp3) is 0.667. The minimum absolute atomic E-state index is 0.0340. The number of aliphatic imine (C=N–C) groups is 1. The maximum Gasteiger partial charge on any atom is 0.329 e. The molecular formula is C9H13N3O2S. The van der Waals surface area contributed by atoms with Gasteiger partial charge >= 0.3 is 6.03 Å². The van der Waals surface area contributed by atoms with Crippen molar-refractivity contribution in [2.75, 3.05) is 13.2 Å². The Bertz CT molecular complexity index is 342. The first-order valence-corrected chi connectivity index (χ1v) is 4.94. The van der Waals surface area contributed by atoms with Gasteiger partial charge in [-0.25, -0.2) is 14.7 Å². The third kappa shape index (κ3) is 2.40. The van der Waals surface area contributed by atoms with Crippen LogP contribution < -0.4 is 0 Å². The highest BCUT2D eigenvalue weighted by molar-refractivity contribution is 7.78. The number of nitrogens with zero attached hydrogens (tertiary/aromatic N) is 3. The maximum absolute atomic E-state index is 11.8. The molecule has 0 aromatic carbocycles. The Hall–Kier alpha value is -1.26. The van der Waals surface area contributed by atoms with E-state index >= 15 is 0 Å². The van der Waals surface area contributed by atoms with Gasteiger partial charge in [-0.3, -0.25) is 4.79 Å². The largest absolute Gasteiger partial charge is 0.329 e. The molecule has 1 rings (SSSR count). The van der Waals surface area contributed by atoms with Crippen LogP contribution in [-0.2, 0) is 4.79 Å². The summed E-state index contributed by atoms with van der Waals surface area (Å²) >= 11 is 4.39. The van der Waals surface area contributed by atoms with Gasteiger partial charge in [-0.05, 0) is 33.0 Å². The van der Waals surface area contributed by atoms with Crippen molar-refractivity contribution in [2.45, 2.75) is 26.3 Å². The molecule has 15 heavy (non-hydrogen) atoms. The maximum atomic E-state index is 11.8. The predicted molar refractivity (Wildman–Crippen MR) is 58.6 cm³/mol. The molecule has 1 aliphatic heterocycles. The summed E-state index contributed by atoms with van der Waals surface area (Å²) in [5.41, 5.74) is -0.358. The average Bonchev–Trinajstić information content (AvgIpc) is 2.39. The first-order valence-electron chi connectivity index (χ1n) is 4.53.